The van der Waals surface area contributed by atoms with Gasteiger partial charge in [-0.2, -0.15) is 0 Å². The Morgan fingerprint density at radius 1 is 1.29 bits per heavy atom. The predicted octanol–water partition coefficient (Wildman–Crippen LogP) is 1.44. The van der Waals surface area contributed by atoms with Gasteiger partial charge in [-0.05, 0) is 33.1 Å². The molecule has 2 saturated heterocycles. The Balaban J connectivity index is 2.11. The molecule has 0 spiro atoms. The van der Waals surface area contributed by atoms with Crippen LogP contribution in [0.25, 0.3) is 0 Å². The normalized spacial score (nSPS) is 37.2. The molecular weight excluding hydrogens is 218 g/mol. The van der Waals surface area contributed by atoms with Crippen molar-refractivity contribution in [2.75, 3.05) is 19.8 Å². The molecule has 0 radical (unpaired) electrons. The minimum Gasteiger partial charge on any atom is -0.374 e. The standard InChI is InChI=1S/C13H23NO3/c1-9-5-6-16-11(9)12(15)14-7-10(2)17-8-13(14,3)4/h9-11H,5-8H2,1-4H3. The molecule has 2 aliphatic rings. The molecule has 0 aromatic heterocycles. The molecule has 2 rings (SSSR count). The van der Waals surface area contributed by atoms with Gasteiger partial charge in [-0.25, -0.2) is 0 Å². The predicted molar refractivity (Wildman–Crippen MR) is 64.7 cm³/mol. The van der Waals surface area contributed by atoms with Crippen molar-refractivity contribution in [3.8, 4) is 0 Å². The molecule has 2 heterocycles. The number of morpholine rings is 1. The fourth-order valence-electron chi connectivity index (χ4n) is 2.53. The van der Waals surface area contributed by atoms with E-state index in [2.05, 4.69) is 20.8 Å². The number of carbonyl (C=O) groups is 1. The Bertz CT molecular complexity index is 303. The number of hydrogen-bond acceptors (Lipinski definition) is 3. The lowest BCUT2D eigenvalue weighted by molar-refractivity contribution is -0.163. The zero-order valence-corrected chi connectivity index (χ0v) is 11.2. The van der Waals surface area contributed by atoms with Crippen LogP contribution in [0.3, 0.4) is 0 Å². The number of rotatable bonds is 1. The Labute approximate surface area is 103 Å². The van der Waals surface area contributed by atoms with Gasteiger partial charge in [0.15, 0.2) is 0 Å². The van der Waals surface area contributed by atoms with Crippen molar-refractivity contribution in [2.24, 2.45) is 5.92 Å². The van der Waals surface area contributed by atoms with Crippen molar-refractivity contribution in [1.82, 2.24) is 4.90 Å². The Morgan fingerprint density at radius 3 is 2.59 bits per heavy atom. The first kappa shape index (κ1) is 12.8. The van der Waals surface area contributed by atoms with E-state index in [0.29, 0.717) is 25.7 Å². The molecule has 4 heteroatoms. The SMILES string of the molecule is CC1CN(C(=O)C2OCCC2C)C(C)(C)CO1. The van der Waals surface area contributed by atoms with Gasteiger partial charge in [-0.3, -0.25) is 4.79 Å². The lowest BCUT2D eigenvalue weighted by Gasteiger charge is -2.45. The van der Waals surface area contributed by atoms with E-state index in [9.17, 15) is 4.79 Å². The van der Waals surface area contributed by atoms with Gasteiger partial charge < -0.3 is 14.4 Å². The van der Waals surface area contributed by atoms with Crippen LogP contribution in [0, 0.1) is 5.92 Å². The van der Waals surface area contributed by atoms with Crippen LogP contribution in [0.15, 0.2) is 0 Å². The molecule has 1 amide bonds. The maximum atomic E-state index is 12.5. The molecule has 0 N–H and O–H groups in total. The van der Waals surface area contributed by atoms with Crippen LogP contribution in [0.2, 0.25) is 0 Å². The highest BCUT2D eigenvalue weighted by molar-refractivity contribution is 5.82. The minimum atomic E-state index is -0.250. The summed E-state index contributed by atoms with van der Waals surface area (Å²) in [6.45, 7) is 10.2. The lowest BCUT2D eigenvalue weighted by atomic mass is 9.96. The van der Waals surface area contributed by atoms with Crippen molar-refractivity contribution in [1.29, 1.82) is 0 Å². The summed E-state index contributed by atoms with van der Waals surface area (Å²) in [5, 5.41) is 0. The molecule has 4 nitrogen and oxygen atoms in total. The third-order valence-electron chi connectivity index (χ3n) is 3.79. The van der Waals surface area contributed by atoms with E-state index in [4.69, 9.17) is 9.47 Å². The highest BCUT2D eigenvalue weighted by Crippen LogP contribution is 2.28. The molecule has 3 atom stereocenters. The number of hydrogen-bond donors (Lipinski definition) is 0. The van der Waals surface area contributed by atoms with Gasteiger partial charge in [0.05, 0.1) is 18.2 Å². The van der Waals surface area contributed by atoms with Crippen LogP contribution in [0.5, 0.6) is 0 Å². The second kappa shape index (κ2) is 4.58. The van der Waals surface area contributed by atoms with Crippen molar-refractivity contribution in [3.05, 3.63) is 0 Å². The van der Waals surface area contributed by atoms with Crippen molar-refractivity contribution >= 4 is 5.91 Å². The number of nitrogens with zero attached hydrogens (tertiary/aromatic N) is 1. The van der Waals surface area contributed by atoms with Crippen LogP contribution in [0.4, 0.5) is 0 Å². The Kier molecular flexibility index (Phi) is 3.46. The minimum absolute atomic E-state index is 0.115. The van der Waals surface area contributed by atoms with Gasteiger partial charge in [0, 0.05) is 13.2 Å². The van der Waals surface area contributed by atoms with Crippen molar-refractivity contribution < 1.29 is 14.3 Å². The van der Waals surface area contributed by atoms with Crippen LogP contribution in [0.1, 0.15) is 34.1 Å². The first-order chi connectivity index (χ1) is 7.92. The average Bonchev–Trinajstić information content (AvgIpc) is 2.67. The maximum Gasteiger partial charge on any atom is 0.252 e. The first-order valence-corrected chi connectivity index (χ1v) is 6.46. The molecular formula is C13H23NO3. The van der Waals surface area contributed by atoms with Gasteiger partial charge in [0.2, 0.25) is 0 Å². The Hall–Kier alpha value is -0.610. The van der Waals surface area contributed by atoms with Crippen molar-refractivity contribution in [2.45, 2.75) is 51.9 Å². The topological polar surface area (TPSA) is 38.8 Å². The number of carbonyl (C=O) groups excluding carboxylic acids is 1. The molecule has 0 aromatic rings. The van der Waals surface area contributed by atoms with Crippen molar-refractivity contribution in [3.63, 3.8) is 0 Å². The second-order valence-corrected chi connectivity index (χ2v) is 5.94. The average molecular weight is 241 g/mol. The summed E-state index contributed by atoms with van der Waals surface area (Å²) in [5.41, 5.74) is -0.227. The third-order valence-corrected chi connectivity index (χ3v) is 3.79. The van der Waals surface area contributed by atoms with Gasteiger partial charge in [0.1, 0.15) is 6.10 Å². The fourth-order valence-corrected chi connectivity index (χ4v) is 2.53. The van der Waals surface area contributed by atoms with E-state index < -0.39 is 0 Å². The van der Waals surface area contributed by atoms with E-state index in [0.717, 1.165) is 6.42 Å². The number of amides is 1. The monoisotopic (exact) mass is 241 g/mol. The lowest BCUT2D eigenvalue weighted by Crippen LogP contribution is -2.60. The summed E-state index contributed by atoms with van der Waals surface area (Å²) in [4.78, 5) is 14.5. The summed E-state index contributed by atoms with van der Waals surface area (Å²) < 4.78 is 11.2. The summed E-state index contributed by atoms with van der Waals surface area (Å²) in [5.74, 6) is 0.464. The van der Waals surface area contributed by atoms with Crippen LogP contribution >= 0.6 is 0 Å². The van der Waals surface area contributed by atoms with E-state index in [1.807, 2.05) is 11.8 Å². The highest BCUT2D eigenvalue weighted by atomic mass is 16.5. The zero-order valence-electron chi connectivity index (χ0n) is 11.2. The fraction of sp³-hybridized carbons (Fsp3) is 0.923. The van der Waals surface area contributed by atoms with Gasteiger partial charge in [-0.1, -0.05) is 6.92 Å². The summed E-state index contributed by atoms with van der Waals surface area (Å²) in [7, 11) is 0. The summed E-state index contributed by atoms with van der Waals surface area (Å²) in [6.07, 6.45) is 0.847. The molecule has 0 bridgehead atoms. The van der Waals surface area contributed by atoms with E-state index in [1.165, 1.54) is 0 Å². The largest absolute Gasteiger partial charge is 0.374 e. The molecule has 0 aliphatic carbocycles. The van der Waals surface area contributed by atoms with Crippen LogP contribution < -0.4 is 0 Å². The highest BCUT2D eigenvalue weighted by Gasteiger charge is 2.42. The Morgan fingerprint density at radius 2 is 2.00 bits per heavy atom. The van der Waals surface area contributed by atoms with Gasteiger partial charge >= 0.3 is 0 Å². The molecule has 17 heavy (non-hydrogen) atoms. The second-order valence-electron chi connectivity index (χ2n) is 5.94. The molecule has 98 valence electrons. The third kappa shape index (κ3) is 2.47. The van der Waals surface area contributed by atoms with E-state index in [-0.39, 0.29) is 23.7 Å². The van der Waals surface area contributed by atoms with E-state index >= 15 is 0 Å². The number of ether oxygens (including phenoxy) is 2. The smallest absolute Gasteiger partial charge is 0.252 e. The van der Waals surface area contributed by atoms with Gasteiger partial charge in [0.25, 0.3) is 5.91 Å². The van der Waals surface area contributed by atoms with Crippen LogP contribution in [-0.2, 0) is 14.3 Å². The van der Waals surface area contributed by atoms with E-state index in [1.54, 1.807) is 0 Å². The summed E-state index contributed by atoms with van der Waals surface area (Å²) in [6, 6.07) is 0. The molecule has 2 fully saturated rings. The quantitative estimate of drug-likeness (QED) is 0.697. The molecule has 2 aliphatic heterocycles. The molecule has 0 aromatic carbocycles. The first-order valence-electron chi connectivity index (χ1n) is 6.46. The maximum absolute atomic E-state index is 12.5. The summed E-state index contributed by atoms with van der Waals surface area (Å²) >= 11 is 0. The molecule has 3 unspecified atom stereocenters. The zero-order chi connectivity index (χ0) is 12.6. The molecule has 0 saturated carbocycles. The van der Waals surface area contributed by atoms with Gasteiger partial charge in [-0.15, -0.1) is 0 Å². The van der Waals surface area contributed by atoms with Crippen LogP contribution in [-0.4, -0.2) is 48.3 Å².